The molecule has 2 N–H and O–H groups in total. The Morgan fingerprint density at radius 2 is 1.84 bits per heavy atom. The van der Waals surface area contributed by atoms with Gasteiger partial charge in [-0.2, -0.15) is 0 Å². The van der Waals surface area contributed by atoms with E-state index in [9.17, 15) is 9.18 Å². The normalized spacial score (nSPS) is 19.3. The van der Waals surface area contributed by atoms with Crippen molar-refractivity contribution < 1.29 is 18.5 Å². The van der Waals surface area contributed by atoms with Gasteiger partial charge < -0.3 is 15.0 Å². The van der Waals surface area contributed by atoms with Crippen molar-refractivity contribution in [2.75, 3.05) is 11.5 Å². The smallest absolute Gasteiger partial charge is 0.400 e. The third kappa shape index (κ3) is 4.46. The molecule has 0 atom stereocenters. The highest BCUT2D eigenvalue weighted by Crippen LogP contribution is 2.39. The summed E-state index contributed by atoms with van der Waals surface area (Å²) in [5, 5.41) is -0.00851. The molecule has 1 aliphatic heterocycles. The van der Waals surface area contributed by atoms with E-state index in [1.54, 1.807) is 13.0 Å². The Morgan fingerprint density at radius 1 is 1.28 bits per heavy atom. The Balaban J connectivity index is 2.42. The second kappa shape index (κ2) is 7.13. The molecule has 136 valence electrons. The minimum atomic E-state index is -0.611. The van der Waals surface area contributed by atoms with Gasteiger partial charge in [0, 0.05) is 18.4 Å². The van der Waals surface area contributed by atoms with Crippen LogP contribution in [0.15, 0.2) is 17.6 Å². The first-order valence-electron chi connectivity index (χ1n) is 8.18. The summed E-state index contributed by atoms with van der Waals surface area (Å²) in [5.41, 5.74) is 7.57. The topological polar surface area (TPSA) is 61.6 Å². The summed E-state index contributed by atoms with van der Waals surface area (Å²) < 4.78 is 26.0. The van der Waals surface area contributed by atoms with Gasteiger partial charge in [0.05, 0.1) is 11.2 Å². The minimum Gasteiger partial charge on any atom is -0.400 e. The lowest BCUT2D eigenvalue weighted by Gasteiger charge is -2.32. The predicted molar refractivity (Wildman–Crippen MR) is 103 cm³/mol. The van der Waals surface area contributed by atoms with Crippen molar-refractivity contribution in [2.45, 2.75) is 52.7 Å². The Kier molecular flexibility index (Phi) is 5.71. The fourth-order valence-corrected chi connectivity index (χ4v) is 3.05. The molecule has 0 unspecified atom stereocenters. The van der Waals surface area contributed by atoms with Crippen molar-refractivity contribution in [1.82, 2.24) is 0 Å². The Hall–Kier alpha value is -1.31. The van der Waals surface area contributed by atoms with E-state index >= 15 is 0 Å². The number of rotatable bonds is 4. The molecule has 7 heteroatoms. The van der Waals surface area contributed by atoms with E-state index in [1.807, 2.05) is 27.7 Å². The SMILES string of the molecule is CC(=O)SCC(=Cc1cc(F)cc(C)c1N)B1OC(C)(C)C(C)(C)O1. The molecule has 0 amide bonds. The average Bonchev–Trinajstić information content (AvgIpc) is 2.68. The molecule has 1 heterocycles. The van der Waals surface area contributed by atoms with Crippen molar-refractivity contribution in [2.24, 2.45) is 0 Å². The minimum absolute atomic E-state index is 0.00851. The van der Waals surface area contributed by atoms with Crippen LogP contribution in [0.25, 0.3) is 6.08 Å². The number of halogens is 1. The van der Waals surface area contributed by atoms with Crippen LogP contribution >= 0.6 is 11.8 Å². The number of thioether (sulfide) groups is 1. The van der Waals surface area contributed by atoms with E-state index in [0.717, 1.165) is 17.2 Å². The summed E-state index contributed by atoms with van der Waals surface area (Å²) in [7, 11) is -0.611. The van der Waals surface area contributed by atoms with Crippen LogP contribution in [0, 0.1) is 12.7 Å². The maximum atomic E-state index is 13.8. The molecule has 0 radical (unpaired) electrons. The number of carbonyl (C=O) groups is 1. The van der Waals surface area contributed by atoms with Crippen LogP contribution < -0.4 is 5.73 Å². The van der Waals surface area contributed by atoms with E-state index in [2.05, 4.69) is 0 Å². The van der Waals surface area contributed by atoms with Crippen LogP contribution in [-0.2, 0) is 14.1 Å². The lowest BCUT2D eigenvalue weighted by atomic mass is 9.78. The molecular formula is C18H25BFNO3S. The average molecular weight is 365 g/mol. The molecule has 0 spiro atoms. The Bertz CT molecular complexity index is 703. The lowest BCUT2D eigenvalue weighted by Crippen LogP contribution is -2.41. The van der Waals surface area contributed by atoms with Crippen LogP contribution in [-0.4, -0.2) is 29.2 Å². The molecule has 1 aromatic carbocycles. The lowest BCUT2D eigenvalue weighted by molar-refractivity contribution is -0.109. The Morgan fingerprint density at radius 3 is 2.36 bits per heavy atom. The van der Waals surface area contributed by atoms with Crippen molar-refractivity contribution in [3.05, 3.63) is 34.5 Å². The summed E-state index contributed by atoms with van der Waals surface area (Å²) >= 11 is 1.16. The van der Waals surface area contributed by atoms with Crippen molar-refractivity contribution in [3.8, 4) is 0 Å². The monoisotopic (exact) mass is 365 g/mol. The van der Waals surface area contributed by atoms with Crippen LogP contribution in [0.4, 0.5) is 10.1 Å². The highest BCUT2D eigenvalue weighted by Gasteiger charge is 2.52. The molecule has 0 aliphatic carbocycles. The maximum absolute atomic E-state index is 13.8. The first-order chi connectivity index (χ1) is 11.4. The standard InChI is InChI=1S/C18H25BFNO3S/c1-11-7-15(20)9-13(16(11)21)8-14(10-25-12(2)22)19-23-17(3,4)18(5,6)24-19/h7-9H,10,21H2,1-6H3. The predicted octanol–water partition coefficient (Wildman–Crippen LogP) is 4.01. The van der Waals surface area contributed by atoms with Gasteiger partial charge >= 0.3 is 7.12 Å². The second-order valence-electron chi connectivity index (χ2n) is 7.31. The maximum Gasteiger partial charge on any atom is 0.491 e. The summed E-state index contributed by atoms with van der Waals surface area (Å²) in [6, 6.07) is 2.78. The first-order valence-corrected chi connectivity index (χ1v) is 9.16. The van der Waals surface area contributed by atoms with Crippen LogP contribution in [0.1, 0.15) is 45.7 Å². The number of benzene rings is 1. The van der Waals surface area contributed by atoms with Gasteiger partial charge in [-0.3, -0.25) is 4.79 Å². The summed E-state index contributed by atoms with van der Waals surface area (Å²) in [4.78, 5) is 11.4. The van der Waals surface area contributed by atoms with Gasteiger partial charge in [-0.1, -0.05) is 17.8 Å². The largest absolute Gasteiger partial charge is 0.491 e. The van der Waals surface area contributed by atoms with Crippen molar-refractivity contribution >= 4 is 35.8 Å². The second-order valence-corrected chi connectivity index (χ2v) is 8.47. The van der Waals surface area contributed by atoms with Gasteiger partial charge in [0.15, 0.2) is 5.12 Å². The van der Waals surface area contributed by atoms with Crippen LogP contribution in [0.5, 0.6) is 0 Å². The quantitative estimate of drug-likeness (QED) is 0.645. The van der Waals surface area contributed by atoms with E-state index in [4.69, 9.17) is 15.0 Å². The summed E-state index contributed by atoms with van der Waals surface area (Å²) in [5.74, 6) is 0.0340. The third-order valence-corrected chi connectivity index (χ3v) is 5.61. The van der Waals surface area contributed by atoms with E-state index in [-0.39, 0.29) is 10.9 Å². The van der Waals surface area contributed by atoms with E-state index < -0.39 is 18.3 Å². The van der Waals surface area contributed by atoms with Crippen molar-refractivity contribution in [1.29, 1.82) is 0 Å². The highest BCUT2D eigenvalue weighted by molar-refractivity contribution is 8.13. The first kappa shape index (κ1) is 20.0. The number of aryl methyl sites for hydroxylation is 1. The molecular weight excluding hydrogens is 340 g/mol. The zero-order valence-electron chi connectivity index (χ0n) is 15.6. The van der Waals surface area contributed by atoms with E-state index in [0.29, 0.717) is 22.6 Å². The molecule has 0 saturated carbocycles. The van der Waals surface area contributed by atoms with Gasteiger partial charge in [0.2, 0.25) is 0 Å². The number of hydrogen-bond acceptors (Lipinski definition) is 5. The van der Waals surface area contributed by atoms with Gasteiger partial charge in [0.25, 0.3) is 0 Å². The van der Waals surface area contributed by atoms with E-state index in [1.165, 1.54) is 19.1 Å². The Labute approximate surface area is 153 Å². The van der Waals surface area contributed by atoms with Gasteiger partial charge in [0.1, 0.15) is 5.82 Å². The molecule has 25 heavy (non-hydrogen) atoms. The van der Waals surface area contributed by atoms with Gasteiger partial charge in [-0.25, -0.2) is 4.39 Å². The van der Waals surface area contributed by atoms with Gasteiger partial charge in [-0.15, -0.1) is 0 Å². The zero-order valence-corrected chi connectivity index (χ0v) is 16.4. The molecule has 1 aliphatic rings. The third-order valence-electron chi connectivity index (χ3n) is 4.72. The summed E-state index contributed by atoms with van der Waals surface area (Å²) in [6.45, 7) is 11.1. The number of hydrogen-bond donors (Lipinski definition) is 1. The van der Waals surface area contributed by atoms with Crippen molar-refractivity contribution in [3.63, 3.8) is 0 Å². The fraction of sp³-hybridized carbons (Fsp3) is 0.500. The van der Waals surface area contributed by atoms with Crippen LogP contribution in [0.2, 0.25) is 0 Å². The molecule has 1 saturated heterocycles. The molecule has 2 rings (SSSR count). The van der Waals surface area contributed by atoms with Gasteiger partial charge in [-0.05, 0) is 63.4 Å². The molecule has 4 nitrogen and oxygen atoms in total. The number of nitrogens with two attached hydrogens (primary N) is 1. The zero-order chi connectivity index (χ0) is 19.0. The molecule has 0 bridgehead atoms. The fourth-order valence-electron chi connectivity index (χ4n) is 2.46. The summed E-state index contributed by atoms with van der Waals surface area (Å²) in [6.07, 6.45) is 1.77. The number of nitrogen functional groups attached to an aromatic ring is 1. The molecule has 1 fully saturated rings. The van der Waals surface area contributed by atoms with Crippen LogP contribution in [0.3, 0.4) is 0 Å². The molecule has 0 aromatic heterocycles. The number of anilines is 1. The molecule has 1 aromatic rings. The highest BCUT2D eigenvalue weighted by atomic mass is 32.2. The number of carbonyl (C=O) groups excluding carboxylic acids is 1.